The Balaban J connectivity index is 1.48. The summed E-state index contributed by atoms with van der Waals surface area (Å²) in [6.07, 6.45) is 4.77. The Morgan fingerprint density at radius 1 is 0.425 bits per heavy atom. The highest BCUT2D eigenvalue weighted by Crippen LogP contribution is 2.43. The molecule has 2 heterocycles. The van der Waals surface area contributed by atoms with Crippen molar-refractivity contribution in [3.8, 4) is 11.4 Å². The smallest absolute Gasteiger partial charge is 0.0788 e. The average molecular weight is 513 g/mol. The summed E-state index contributed by atoms with van der Waals surface area (Å²) in [6, 6.07) is 44.9. The minimum absolute atomic E-state index is 1.12. The largest absolute Gasteiger partial charge is 0.311 e. The summed E-state index contributed by atoms with van der Waals surface area (Å²) in [7, 11) is 0. The Labute approximate surface area is 232 Å². The molecule has 0 radical (unpaired) electrons. The third kappa shape index (κ3) is 3.05. The summed E-state index contributed by atoms with van der Waals surface area (Å²) in [5.74, 6) is 0. The van der Waals surface area contributed by atoms with E-state index in [0.29, 0.717) is 0 Å². The van der Waals surface area contributed by atoms with E-state index in [1.54, 1.807) is 0 Å². The second kappa shape index (κ2) is 8.34. The number of fused-ring (bicyclic) bond motifs is 9. The molecule has 0 saturated carbocycles. The lowest BCUT2D eigenvalue weighted by Gasteiger charge is -2.17. The molecular formula is C38H28N2. The predicted octanol–water partition coefficient (Wildman–Crippen LogP) is 9.91. The molecule has 8 aromatic rings. The number of rotatable bonds is 2. The Hall–Kier alpha value is -4.82. The molecule has 9 rings (SSSR count). The van der Waals surface area contributed by atoms with E-state index in [4.69, 9.17) is 0 Å². The van der Waals surface area contributed by atoms with Crippen LogP contribution in [0.1, 0.15) is 24.1 Å². The summed E-state index contributed by atoms with van der Waals surface area (Å²) in [5, 5.41) is 9.13. The second-order valence-electron chi connectivity index (χ2n) is 11.2. The first-order valence-corrected chi connectivity index (χ1v) is 14.4. The van der Waals surface area contributed by atoms with Crippen molar-refractivity contribution in [3.63, 3.8) is 0 Å². The van der Waals surface area contributed by atoms with Gasteiger partial charge in [0.2, 0.25) is 0 Å². The van der Waals surface area contributed by atoms with Crippen LogP contribution in [-0.4, -0.2) is 9.13 Å². The van der Waals surface area contributed by atoms with Gasteiger partial charge >= 0.3 is 0 Å². The van der Waals surface area contributed by atoms with Crippen molar-refractivity contribution in [3.05, 3.63) is 133 Å². The first-order valence-electron chi connectivity index (χ1n) is 14.4. The van der Waals surface area contributed by atoms with Crippen molar-refractivity contribution in [2.75, 3.05) is 0 Å². The van der Waals surface area contributed by atoms with E-state index in [1.165, 1.54) is 89.7 Å². The molecule has 0 spiro atoms. The Bertz CT molecular complexity index is 2280. The van der Waals surface area contributed by atoms with Crippen molar-refractivity contribution in [1.29, 1.82) is 0 Å². The zero-order valence-corrected chi connectivity index (χ0v) is 22.3. The maximum absolute atomic E-state index is 2.61. The Morgan fingerprint density at radius 3 is 1.75 bits per heavy atom. The van der Waals surface area contributed by atoms with Gasteiger partial charge in [-0.15, -0.1) is 0 Å². The van der Waals surface area contributed by atoms with Gasteiger partial charge in [-0.3, -0.25) is 0 Å². The van der Waals surface area contributed by atoms with Crippen molar-refractivity contribution in [2.45, 2.75) is 25.7 Å². The van der Waals surface area contributed by atoms with Crippen LogP contribution in [0.4, 0.5) is 0 Å². The first-order chi connectivity index (χ1) is 19.8. The number of aromatic nitrogens is 2. The molecule has 0 unspecified atom stereocenters. The molecule has 1 aliphatic rings. The fourth-order valence-electron chi connectivity index (χ4n) is 7.26. The fourth-order valence-corrected chi connectivity index (χ4v) is 7.26. The van der Waals surface area contributed by atoms with Crippen LogP contribution in [0.15, 0.2) is 121 Å². The predicted molar refractivity (Wildman–Crippen MR) is 169 cm³/mol. The summed E-state index contributed by atoms with van der Waals surface area (Å²) >= 11 is 0. The van der Waals surface area contributed by atoms with E-state index < -0.39 is 0 Å². The van der Waals surface area contributed by atoms with Gasteiger partial charge in [-0.05, 0) is 83.1 Å². The third-order valence-electron chi connectivity index (χ3n) is 9.05. The van der Waals surface area contributed by atoms with E-state index >= 15 is 0 Å². The maximum Gasteiger partial charge on any atom is 0.0788 e. The van der Waals surface area contributed by atoms with Crippen LogP contribution in [0.2, 0.25) is 0 Å². The summed E-state index contributed by atoms with van der Waals surface area (Å²) in [5.41, 5.74) is 9.38. The highest BCUT2D eigenvalue weighted by molar-refractivity contribution is 6.19. The lowest BCUT2D eigenvalue weighted by Crippen LogP contribution is -2.07. The number of nitrogens with zero attached hydrogens (tertiary/aromatic N) is 2. The number of benzene rings is 6. The monoisotopic (exact) mass is 512 g/mol. The van der Waals surface area contributed by atoms with Crippen LogP contribution in [0, 0.1) is 0 Å². The molecule has 2 nitrogen and oxygen atoms in total. The number of para-hydroxylation sites is 1. The van der Waals surface area contributed by atoms with Crippen molar-refractivity contribution in [2.24, 2.45) is 0 Å². The summed E-state index contributed by atoms with van der Waals surface area (Å²) in [6.45, 7) is 0. The number of hydrogen-bond donors (Lipinski definition) is 0. The molecule has 0 N–H and O–H groups in total. The molecule has 0 bridgehead atoms. The molecule has 0 amide bonds. The van der Waals surface area contributed by atoms with Gasteiger partial charge in [-0.1, -0.05) is 91.0 Å². The van der Waals surface area contributed by atoms with Gasteiger partial charge in [0, 0.05) is 33.2 Å². The van der Waals surface area contributed by atoms with Gasteiger partial charge in [0.15, 0.2) is 0 Å². The van der Waals surface area contributed by atoms with Gasteiger partial charge in [-0.25, -0.2) is 0 Å². The van der Waals surface area contributed by atoms with Crippen molar-refractivity contribution >= 4 is 54.3 Å². The lowest BCUT2D eigenvalue weighted by molar-refractivity contribution is 0.667. The normalized spacial score (nSPS) is 13.6. The van der Waals surface area contributed by atoms with Gasteiger partial charge in [0.25, 0.3) is 0 Å². The van der Waals surface area contributed by atoms with Gasteiger partial charge in [0.1, 0.15) is 0 Å². The van der Waals surface area contributed by atoms with Crippen LogP contribution in [0.5, 0.6) is 0 Å². The van der Waals surface area contributed by atoms with Crippen LogP contribution in [0.3, 0.4) is 0 Å². The molecule has 6 aromatic carbocycles. The molecule has 2 heteroatoms. The Kier molecular flexibility index (Phi) is 4.59. The number of hydrogen-bond acceptors (Lipinski definition) is 0. The van der Waals surface area contributed by atoms with Crippen LogP contribution in [0.25, 0.3) is 65.6 Å². The molecule has 190 valence electrons. The lowest BCUT2D eigenvalue weighted by atomic mass is 9.95. The number of aryl methyl sites for hydroxylation is 1. The SMILES string of the molecule is c1ccc2cc(-n3c4c(c5ccc6c7ccccc7n(-c7ccc8ccccc8c7)c6c53)CCCC4)ccc2c1. The third-order valence-corrected chi connectivity index (χ3v) is 9.05. The molecule has 2 aromatic heterocycles. The molecule has 0 atom stereocenters. The Morgan fingerprint density at radius 2 is 1.00 bits per heavy atom. The second-order valence-corrected chi connectivity index (χ2v) is 11.2. The van der Waals surface area contributed by atoms with Crippen LogP contribution < -0.4 is 0 Å². The highest BCUT2D eigenvalue weighted by atomic mass is 15.1. The summed E-state index contributed by atoms with van der Waals surface area (Å²) < 4.78 is 5.12. The topological polar surface area (TPSA) is 9.86 Å². The minimum Gasteiger partial charge on any atom is -0.311 e. The van der Waals surface area contributed by atoms with Crippen molar-refractivity contribution in [1.82, 2.24) is 9.13 Å². The molecule has 1 aliphatic carbocycles. The fraction of sp³-hybridized carbons (Fsp3) is 0.105. The van der Waals surface area contributed by atoms with E-state index in [9.17, 15) is 0 Å². The van der Waals surface area contributed by atoms with Crippen molar-refractivity contribution < 1.29 is 0 Å². The van der Waals surface area contributed by atoms with Gasteiger partial charge < -0.3 is 9.13 Å². The zero-order valence-electron chi connectivity index (χ0n) is 22.3. The summed E-state index contributed by atoms with van der Waals surface area (Å²) in [4.78, 5) is 0. The minimum atomic E-state index is 1.12. The highest BCUT2D eigenvalue weighted by Gasteiger charge is 2.25. The molecule has 40 heavy (non-hydrogen) atoms. The van der Waals surface area contributed by atoms with E-state index in [1.807, 2.05) is 0 Å². The first kappa shape index (κ1) is 22.0. The molecule has 0 aliphatic heterocycles. The van der Waals surface area contributed by atoms with E-state index in [0.717, 1.165) is 12.8 Å². The molecule has 0 fully saturated rings. The van der Waals surface area contributed by atoms with Gasteiger partial charge in [-0.2, -0.15) is 0 Å². The quantitative estimate of drug-likeness (QED) is 0.218. The molecular weight excluding hydrogens is 484 g/mol. The zero-order chi connectivity index (χ0) is 26.2. The van der Waals surface area contributed by atoms with Gasteiger partial charge in [0.05, 0.1) is 16.6 Å². The van der Waals surface area contributed by atoms with Crippen LogP contribution >= 0.6 is 0 Å². The van der Waals surface area contributed by atoms with E-state index in [-0.39, 0.29) is 0 Å². The molecule has 0 saturated heterocycles. The maximum atomic E-state index is 2.61. The standard InChI is InChI=1S/C38H28N2/c1-3-11-27-23-29(19-17-25(27)9-1)39-35-15-7-5-13-31(35)33-21-22-34-32-14-6-8-16-36(32)40(38(34)37(33)39)30-20-18-26-10-2-4-12-28(26)24-30/h1-5,7,9-13,15,17-24H,6,8,14,16H2. The van der Waals surface area contributed by atoms with Crippen LogP contribution in [-0.2, 0) is 12.8 Å². The van der Waals surface area contributed by atoms with E-state index in [2.05, 4.69) is 130 Å². The average Bonchev–Trinajstić information content (AvgIpc) is 3.54.